The molecule has 3 N–H and O–H groups in total. The standard InChI is InChI=1S/C73H142O17P2/c1-7-9-11-13-15-17-19-20-21-26-32-38-44-50-56-71(76)84-61-68(89-72(77)57-51-45-39-33-27-23-22-25-29-35-41-47-53-65(3)4)63-87-91(79,80)85-59-67(74)60-86-92(81,82)88-64-69(62-83-70(75)55-49-43-37-31-24-18-16-14-12-10-8-2)90-73(78)58-52-46-40-34-28-30-36-42-48-54-66(5)6/h65-69,74H,7-64H2,1-6H3,(H,79,80)(H,81,82)/t67-,68-,69-/m1/s1. The lowest BCUT2D eigenvalue weighted by atomic mass is 10.0. The molecule has 19 heteroatoms. The Hall–Kier alpha value is -1.94. The second-order valence-corrected chi connectivity index (χ2v) is 30.2. The Morgan fingerprint density at radius 2 is 0.500 bits per heavy atom. The highest BCUT2D eigenvalue weighted by atomic mass is 31.2. The first kappa shape index (κ1) is 90.1. The third kappa shape index (κ3) is 66.7. The van der Waals surface area contributed by atoms with Gasteiger partial charge in [0, 0.05) is 25.7 Å². The number of hydrogen-bond donors (Lipinski definition) is 3. The molecule has 0 radical (unpaired) electrons. The first-order chi connectivity index (χ1) is 44.4. The van der Waals surface area contributed by atoms with Crippen molar-refractivity contribution in [2.24, 2.45) is 11.8 Å². The van der Waals surface area contributed by atoms with Crippen LogP contribution in [0.2, 0.25) is 0 Å². The predicted molar refractivity (Wildman–Crippen MR) is 372 cm³/mol. The number of aliphatic hydroxyl groups is 1. The van der Waals surface area contributed by atoms with Crippen LogP contribution >= 0.6 is 15.6 Å². The Morgan fingerprint density at radius 1 is 0.293 bits per heavy atom. The number of rotatable bonds is 72. The minimum absolute atomic E-state index is 0.106. The quantitative estimate of drug-likeness (QED) is 0.0222. The molecule has 92 heavy (non-hydrogen) atoms. The van der Waals surface area contributed by atoms with Crippen LogP contribution in [-0.2, 0) is 65.4 Å². The van der Waals surface area contributed by atoms with Gasteiger partial charge in [0.25, 0.3) is 0 Å². The van der Waals surface area contributed by atoms with Crippen LogP contribution in [0.5, 0.6) is 0 Å². The average molecular weight is 1350 g/mol. The molecule has 5 atom stereocenters. The van der Waals surface area contributed by atoms with Crippen LogP contribution in [-0.4, -0.2) is 96.7 Å². The lowest BCUT2D eigenvalue weighted by Gasteiger charge is -2.21. The molecule has 0 aromatic carbocycles. The van der Waals surface area contributed by atoms with E-state index in [0.717, 1.165) is 102 Å². The molecule has 546 valence electrons. The molecule has 0 amide bonds. The van der Waals surface area contributed by atoms with Crippen molar-refractivity contribution in [3.8, 4) is 0 Å². The van der Waals surface area contributed by atoms with Crippen LogP contribution in [0, 0.1) is 11.8 Å². The highest BCUT2D eigenvalue weighted by Gasteiger charge is 2.30. The minimum Gasteiger partial charge on any atom is -0.462 e. The Balaban J connectivity index is 5.26. The number of phosphoric ester groups is 2. The highest BCUT2D eigenvalue weighted by Crippen LogP contribution is 2.45. The maximum atomic E-state index is 13.1. The van der Waals surface area contributed by atoms with E-state index < -0.39 is 97.5 Å². The molecule has 0 aliphatic heterocycles. The monoisotopic (exact) mass is 1350 g/mol. The van der Waals surface area contributed by atoms with E-state index in [-0.39, 0.29) is 25.7 Å². The average Bonchev–Trinajstić information content (AvgIpc) is 3.13. The summed E-state index contributed by atoms with van der Waals surface area (Å²) in [5, 5.41) is 10.6. The van der Waals surface area contributed by atoms with Gasteiger partial charge >= 0.3 is 39.5 Å². The number of ether oxygens (including phenoxy) is 4. The highest BCUT2D eigenvalue weighted by molar-refractivity contribution is 7.47. The van der Waals surface area contributed by atoms with Gasteiger partial charge in [0.05, 0.1) is 26.4 Å². The summed E-state index contributed by atoms with van der Waals surface area (Å²) in [6.07, 6.45) is 51.2. The SMILES string of the molecule is CCCCCCCCCCCCCCCCC(=O)OC[C@H](COP(=O)(O)OC[C@@H](O)COP(=O)(O)OC[C@@H](COC(=O)CCCCCCCCCCCCC)OC(=O)CCCCCCCCCCCC(C)C)OC(=O)CCCCCCCCCCCCCCC(C)C. The van der Waals surface area contributed by atoms with E-state index in [1.165, 1.54) is 193 Å². The maximum absolute atomic E-state index is 13.1. The number of aliphatic hydroxyl groups excluding tert-OH is 1. The molecule has 17 nitrogen and oxygen atoms in total. The zero-order chi connectivity index (χ0) is 67.9. The zero-order valence-electron chi connectivity index (χ0n) is 59.9. The van der Waals surface area contributed by atoms with Crippen LogP contribution in [0.15, 0.2) is 0 Å². The van der Waals surface area contributed by atoms with Crippen molar-refractivity contribution in [1.82, 2.24) is 0 Å². The summed E-state index contributed by atoms with van der Waals surface area (Å²) in [5.41, 5.74) is 0. The summed E-state index contributed by atoms with van der Waals surface area (Å²) in [6.45, 7) is 9.56. The van der Waals surface area contributed by atoms with Crippen molar-refractivity contribution in [2.75, 3.05) is 39.6 Å². The summed E-state index contributed by atoms with van der Waals surface area (Å²) in [7, 11) is -9.91. The molecule has 0 aromatic heterocycles. The van der Waals surface area contributed by atoms with Crippen molar-refractivity contribution in [2.45, 2.75) is 394 Å². The van der Waals surface area contributed by atoms with E-state index in [4.69, 9.17) is 37.0 Å². The molecule has 2 unspecified atom stereocenters. The molecule has 0 aliphatic rings. The minimum atomic E-state index is -4.95. The second-order valence-electron chi connectivity index (χ2n) is 27.3. The molecule has 0 aliphatic carbocycles. The summed E-state index contributed by atoms with van der Waals surface area (Å²) in [6, 6.07) is 0. The fourth-order valence-corrected chi connectivity index (χ4v) is 12.7. The fraction of sp³-hybridized carbons (Fsp3) is 0.945. The molecule has 0 aromatic rings. The molecule has 0 bridgehead atoms. The van der Waals surface area contributed by atoms with E-state index in [9.17, 15) is 43.2 Å². The molecule has 0 heterocycles. The van der Waals surface area contributed by atoms with Gasteiger partial charge in [-0.1, -0.05) is 324 Å². The Bertz CT molecular complexity index is 1790. The van der Waals surface area contributed by atoms with Crippen LogP contribution in [0.4, 0.5) is 0 Å². The number of carbonyl (C=O) groups is 4. The van der Waals surface area contributed by atoms with E-state index in [1.807, 2.05) is 0 Å². The molecule has 0 saturated carbocycles. The van der Waals surface area contributed by atoms with Crippen molar-refractivity contribution in [3.63, 3.8) is 0 Å². The van der Waals surface area contributed by atoms with Gasteiger partial charge in [-0.3, -0.25) is 37.3 Å². The largest absolute Gasteiger partial charge is 0.472 e. The molecular formula is C73H142O17P2. The number of hydrogen-bond acceptors (Lipinski definition) is 15. The van der Waals surface area contributed by atoms with Crippen molar-refractivity contribution in [1.29, 1.82) is 0 Å². The summed E-state index contributed by atoms with van der Waals surface area (Å²) in [4.78, 5) is 72.7. The van der Waals surface area contributed by atoms with Gasteiger partial charge in [-0.15, -0.1) is 0 Å². The maximum Gasteiger partial charge on any atom is 0.472 e. The van der Waals surface area contributed by atoms with Crippen molar-refractivity contribution >= 4 is 39.5 Å². The van der Waals surface area contributed by atoms with Gasteiger partial charge in [0.15, 0.2) is 12.2 Å². The van der Waals surface area contributed by atoms with Crippen LogP contribution in [0.3, 0.4) is 0 Å². The van der Waals surface area contributed by atoms with Gasteiger partial charge in [-0.25, -0.2) is 9.13 Å². The first-order valence-electron chi connectivity index (χ1n) is 38.0. The van der Waals surface area contributed by atoms with Gasteiger partial charge < -0.3 is 33.8 Å². The first-order valence-corrected chi connectivity index (χ1v) is 41.0. The fourth-order valence-electron chi connectivity index (χ4n) is 11.1. The molecule has 0 rings (SSSR count). The van der Waals surface area contributed by atoms with Gasteiger partial charge in [-0.05, 0) is 37.5 Å². The number of carbonyl (C=O) groups excluding carboxylic acids is 4. The Labute approximate surface area is 562 Å². The van der Waals surface area contributed by atoms with E-state index in [2.05, 4.69) is 41.5 Å². The third-order valence-electron chi connectivity index (χ3n) is 17.0. The summed E-state index contributed by atoms with van der Waals surface area (Å²) < 4.78 is 68.4. The topological polar surface area (TPSA) is 237 Å². The van der Waals surface area contributed by atoms with E-state index >= 15 is 0 Å². The van der Waals surface area contributed by atoms with E-state index in [0.29, 0.717) is 25.7 Å². The number of unbranched alkanes of at least 4 members (excludes halogenated alkanes) is 42. The van der Waals surface area contributed by atoms with Crippen LogP contribution in [0.1, 0.15) is 375 Å². The number of esters is 4. The van der Waals surface area contributed by atoms with Gasteiger partial charge in [-0.2, -0.15) is 0 Å². The zero-order valence-corrected chi connectivity index (χ0v) is 61.6. The molecular weight excluding hydrogens is 1210 g/mol. The Morgan fingerprint density at radius 3 is 0.739 bits per heavy atom. The smallest absolute Gasteiger partial charge is 0.462 e. The second kappa shape index (κ2) is 65.0. The summed E-state index contributed by atoms with van der Waals surface area (Å²) >= 11 is 0. The molecule has 0 spiro atoms. The van der Waals surface area contributed by atoms with Gasteiger partial charge in [0.2, 0.25) is 0 Å². The predicted octanol–water partition coefficient (Wildman–Crippen LogP) is 21.2. The van der Waals surface area contributed by atoms with E-state index in [1.54, 1.807) is 0 Å². The molecule has 0 fully saturated rings. The van der Waals surface area contributed by atoms with Crippen molar-refractivity contribution in [3.05, 3.63) is 0 Å². The summed E-state index contributed by atoms with van der Waals surface area (Å²) in [5.74, 6) is -0.605. The molecule has 0 saturated heterocycles. The van der Waals surface area contributed by atoms with Crippen LogP contribution in [0.25, 0.3) is 0 Å². The van der Waals surface area contributed by atoms with Crippen LogP contribution < -0.4 is 0 Å². The normalized spacial score (nSPS) is 14.1. The Kier molecular flexibility index (Phi) is 63.7. The van der Waals surface area contributed by atoms with Gasteiger partial charge in [0.1, 0.15) is 19.3 Å². The third-order valence-corrected chi connectivity index (χ3v) is 18.9. The lowest BCUT2D eigenvalue weighted by molar-refractivity contribution is -0.161. The number of phosphoric acid groups is 2. The lowest BCUT2D eigenvalue weighted by Crippen LogP contribution is -2.30. The van der Waals surface area contributed by atoms with Crippen molar-refractivity contribution < 1.29 is 80.2 Å².